The van der Waals surface area contributed by atoms with Gasteiger partial charge in [-0.1, -0.05) is 12.1 Å². The van der Waals surface area contributed by atoms with Crippen molar-refractivity contribution in [3.63, 3.8) is 0 Å². The first-order valence-corrected chi connectivity index (χ1v) is 5.45. The fourth-order valence-corrected chi connectivity index (χ4v) is 1.56. The Kier molecular flexibility index (Phi) is 4.16. The Labute approximate surface area is 95.5 Å². The van der Waals surface area contributed by atoms with E-state index >= 15 is 0 Å². The molecule has 1 atom stereocenters. The Morgan fingerprint density at radius 2 is 2.19 bits per heavy atom. The van der Waals surface area contributed by atoms with Crippen LogP contribution in [0, 0.1) is 0 Å². The van der Waals surface area contributed by atoms with Crippen molar-refractivity contribution in [1.82, 2.24) is 5.32 Å². The van der Waals surface area contributed by atoms with Crippen LogP contribution < -0.4 is 10.1 Å². The number of ether oxygens (including phenoxy) is 3. The number of hydrogen-bond donors (Lipinski definition) is 1. The Hall–Kier alpha value is -1.10. The lowest BCUT2D eigenvalue weighted by Crippen LogP contribution is -2.39. The minimum atomic E-state index is -0.129. The monoisotopic (exact) mass is 223 g/mol. The molecule has 1 aliphatic rings. The van der Waals surface area contributed by atoms with Gasteiger partial charge in [-0.2, -0.15) is 0 Å². The number of morpholine rings is 1. The third-order valence-electron chi connectivity index (χ3n) is 2.49. The smallest absolute Gasteiger partial charge is 0.170 e. The van der Waals surface area contributed by atoms with Gasteiger partial charge in [0.2, 0.25) is 0 Å². The number of hydrogen-bond acceptors (Lipinski definition) is 4. The van der Waals surface area contributed by atoms with Crippen molar-refractivity contribution >= 4 is 0 Å². The first-order chi connectivity index (χ1) is 7.88. The molecule has 0 bridgehead atoms. The molecule has 1 aromatic rings. The molecule has 1 N–H and O–H groups in total. The first-order valence-electron chi connectivity index (χ1n) is 5.45. The van der Waals surface area contributed by atoms with Gasteiger partial charge in [-0.05, 0) is 17.7 Å². The van der Waals surface area contributed by atoms with Crippen molar-refractivity contribution in [1.29, 1.82) is 0 Å². The first kappa shape index (κ1) is 11.4. The highest BCUT2D eigenvalue weighted by molar-refractivity contribution is 5.26. The average Bonchev–Trinajstić information content (AvgIpc) is 2.38. The zero-order chi connectivity index (χ0) is 11.2. The summed E-state index contributed by atoms with van der Waals surface area (Å²) >= 11 is 0. The molecule has 1 unspecified atom stereocenters. The number of methoxy groups -OCH3 is 1. The number of rotatable bonds is 4. The van der Waals surface area contributed by atoms with E-state index in [1.807, 2.05) is 24.3 Å². The fraction of sp³-hybridized carbons (Fsp3) is 0.500. The molecule has 16 heavy (non-hydrogen) atoms. The maximum absolute atomic E-state index is 5.62. The topological polar surface area (TPSA) is 39.7 Å². The molecule has 0 aromatic heterocycles. The molecule has 0 radical (unpaired) electrons. The largest absolute Gasteiger partial charge is 0.497 e. The van der Waals surface area contributed by atoms with Gasteiger partial charge in [0.25, 0.3) is 0 Å². The zero-order valence-electron chi connectivity index (χ0n) is 9.44. The molecule has 1 saturated heterocycles. The lowest BCUT2D eigenvalue weighted by atomic mass is 10.2. The molecule has 88 valence electrons. The highest BCUT2D eigenvalue weighted by Gasteiger charge is 2.13. The standard InChI is InChI=1S/C12H17NO3/c1-14-11-4-2-10(3-5-11)9-16-12-8-13-6-7-15-12/h2-5,12-13H,6-9H2,1H3. The van der Waals surface area contributed by atoms with Crippen molar-refractivity contribution in [2.45, 2.75) is 12.9 Å². The lowest BCUT2D eigenvalue weighted by molar-refractivity contribution is -0.159. The Balaban J connectivity index is 1.79. The van der Waals surface area contributed by atoms with Crippen LogP contribution in [0.4, 0.5) is 0 Å². The molecule has 1 aliphatic heterocycles. The number of nitrogens with one attached hydrogen (secondary N) is 1. The van der Waals surface area contributed by atoms with E-state index in [1.54, 1.807) is 7.11 Å². The average molecular weight is 223 g/mol. The van der Waals surface area contributed by atoms with E-state index in [9.17, 15) is 0 Å². The maximum Gasteiger partial charge on any atom is 0.170 e. The van der Waals surface area contributed by atoms with E-state index in [-0.39, 0.29) is 6.29 Å². The second-order valence-electron chi connectivity index (χ2n) is 3.66. The van der Waals surface area contributed by atoms with Crippen LogP contribution in [0.5, 0.6) is 5.75 Å². The van der Waals surface area contributed by atoms with Crippen molar-refractivity contribution in [2.75, 3.05) is 26.8 Å². The van der Waals surface area contributed by atoms with Crippen molar-refractivity contribution in [3.8, 4) is 5.75 Å². The van der Waals surface area contributed by atoms with E-state index in [0.717, 1.165) is 24.4 Å². The van der Waals surface area contributed by atoms with E-state index in [1.165, 1.54) is 0 Å². The Bertz CT molecular complexity index is 307. The molecule has 4 nitrogen and oxygen atoms in total. The van der Waals surface area contributed by atoms with Crippen LogP contribution in [0.3, 0.4) is 0 Å². The summed E-state index contributed by atoms with van der Waals surface area (Å²) < 4.78 is 16.1. The lowest BCUT2D eigenvalue weighted by Gasteiger charge is -2.23. The molecule has 2 rings (SSSR count). The molecule has 1 aromatic carbocycles. The normalized spacial score (nSPS) is 20.7. The highest BCUT2D eigenvalue weighted by atomic mass is 16.7. The van der Waals surface area contributed by atoms with Gasteiger partial charge in [0.05, 0.1) is 20.3 Å². The van der Waals surface area contributed by atoms with Gasteiger partial charge in [0.1, 0.15) is 5.75 Å². The fourth-order valence-electron chi connectivity index (χ4n) is 1.56. The van der Waals surface area contributed by atoms with Crippen molar-refractivity contribution in [3.05, 3.63) is 29.8 Å². The van der Waals surface area contributed by atoms with E-state index in [2.05, 4.69) is 5.32 Å². The van der Waals surface area contributed by atoms with Crippen LogP contribution in [0.25, 0.3) is 0 Å². The summed E-state index contributed by atoms with van der Waals surface area (Å²) in [5.74, 6) is 0.860. The van der Waals surface area contributed by atoms with E-state index in [4.69, 9.17) is 14.2 Å². The molecule has 4 heteroatoms. The van der Waals surface area contributed by atoms with Crippen LogP contribution in [0.1, 0.15) is 5.56 Å². The molecule has 0 spiro atoms. The minimum Gasteiger partial charge on any atom is -0.497 e. The van der Waals surface area contributed by atoms with Gasteiger partial charge in [-0.3, -0.25) is 0 Å². The maximum atomic E-state index is 5.62. The molecule has 0 amide bonds. The van der Waals surface area contributed by atoms with Crippen LogP contribution in [-0.2, 0) is 16.1 Å². The Morgan fingerprint density at radius 1 is 1.38 bits per heavy atom. The molecular formula is C12H17NO3. The third-order valence-corrected chi connectivity index (χ3v) is 2.49. The summed E-state index contributed by atoms with van der Waals surface area (Å²) in [6.45, 7) is 2.95. The quantitative estimate of drug-likeness (QED) is 0.831. The summed E-state index contributed by atoms with van der Waals surface area (Å²) in [6.07, 6.45) is -0.129. The zero-order valence-corrected chi connectivity index (χ0v) is 9.44. The van der Waals surface area contributed by atoms with Crippen LogP contribution in [-0.4, -0.2) is 33.1 Å². The second kappa shape index (κ2) is 5.84. The van der Waals surface area contributed by atoms with Gasteiger partial charge >= 0.3 is 0 Å². The molecular weight excluding hydrogens is 206 g/mol. The summed E-state index contributed by atoms with van der Waals surface area (Å²) in [7, 11) is 1.66. The summed E-state index contributed by atoms with van der Waals surface area (Å²) in [5, 5.41) is 3.22. The summed E-state index contributed by atoms with van der Waals surface area (Å²) in [4.78, 5) is 0. The van der Waals surface area contributed by atoms with E-state index < -0.39 is 0 Å². The van der Waals surface area contributed by atoms with Crippen LogP contribution in [0.2, 0.25) is 0 Å². The van der Waals surface area contributed by atoms with Crippen LogP contribution in [0.15, 0.2) is 24.3 Å². The van der Waals surface area contributed by atoms with Gasteiger partial charge in [-0.15, -0.1) is 0 Å². The van der Waals surface area contributed by atoms with Gasteiger partial charge in [0, 0.05) is 13.1 Å². The summed E-state index contributed by atoms with van der Waals surface area (Å²) in [6, 6.07) is 7.85. The van der Waals surface area contributed by atoms with E-state index in [0.29, 0.717) is 13.2 Å². The third kappa shape index (κ3) is 3.20. The molecule has 0 saturated carbocycles. The van der Waals surface area contributed by atoms with Gasteiger partial charge < -0.3 is 19.5 Å². The van der Waals surface area contributed by atoms with Gasteiger partial charge in [0.15, 0.2) is 6.29 Å². The van der Waals surface area contributed by atoms with Crippen molar-refractivity contribution in [2.24, 2.45) is 0 Å². The Morgan fingerprint density at radius 3 is 2.81 bits per heavy atom. The second-order valence-corrected chi connectivity index (χ2v) is 3.66. The predicted molar refractivity (Wildman–Crippen MR) is 60.4 cm³/mol. The van der Waals surface area contributed by atoms with Gasteiger partial charge in [-0.25, -0.2) is 0 Å². The molecule has 1 fully saturated rings. The molecule has 1 heterocycles. The minimum absolute atomic E-state index is 0.129. The van der Waals surface area contributed by atoms with Crippen LogP contribution >= 0.6 is 0 Å². The summed E-state index contributed by atoms with van der Waals surface area (Å²) in [5.41, 5.74) is 1.12. The highest BCUT2D eigenvalue weighted by Crippen LogP contribution is 2.12. The van der Waals surface area contributed by atoms with Crippen molar-refractivity contribution < 1.29 is 14.2 Å². The number of benzene rings is 1. The molecule has 0 aliphatic carbocycles. The predicted octanol–water partition coefficient (Wildman–Crippen LogP) is 1.16. The SMILES string of the molecule is COc1ccc(COC2CNCCO2)cc1.